The number of nitrogens with one attached hydrogen (secondary N) is 2. The maximum absolute atomic E-state index is 11.8. The predicted molar refractivity (Wildman–Crippen MR) is 80.4 cm³/mol. The first kappa shape index (κ1) is 14.8. The van der Waals surface area contributed by atoms with Gasteiger partial charge in [0, 0.05) is 6.42 Å². The van der Waals surface area contributed by atoms with Crippen LogP contribution in [0.4, 0.5) is 5.69 Å². The maximum Gasteiger partial charge on any atom is 0.224 e. The number of anilines is 1. The van der Waals surface area contributed by atoms with Gasteiger partial charge in [-0.25, -0.2) is 4.98 Å². The maximum atomic E-state index is 11.8. The van der Waals surface area contributed by atoms with E-state index in [1.807, 2.05) is 0 Å². The summed E-state index contributed by atoms with van der Waals surface area (Å²) in [4.78, 5) is 15.8. The molecule has 1 aromatic rings. The van der Waals surface area contributed by atoms with Gasteiger partial charge in [0.2, 0.25) is 5.91 Å². The molecule has 0 spiro atoms. The average Bonchev–Trinajstić information content (AvgIpc) is 2.42. The molecule has 6 heteroatoms. The summed E-state index contributed by atoms with van der Waals surface area (Å²) in [6, 6.07) is 1.76. The second-order valence-electron chi connectivity index (χ2n) is 4.78. The van der Waals surface area contributed by atoms with Crippen molar-refractivity contribution >= 4 is 39.1 Å². The van der Waals surface area contributed by atoms with Crippen LogP contribution in [-0.2, 0) is 4.79 Å². The van der Waals surface area contributed by atoms with Crippen LogP contribution in [0.25, 0.3) is 0 Å². The quantitative estimate of drug-likeness (QED) is 0.823. The van der Waals surface area contributed by atoms with Crippen molar-refractivity contribution in [3.63, 3.8) is 0 Å². The number of carbonyl (C=O) groups excluding carboxylic acids is 1. The average molecular weight is 347 g/mol. The highest BCUT2D eigenvalue weighted by molar-refractivity contribution is 9.10. The van der Waals surface area contributed by atoms with Gasteiger partial charge in [0.1, 0.15) is 5.15 Å². The zero-order valence-electron chi connectivity index (χ0n) is 10.6. The van der Waals surface area contributed by atoms with Gasteiger partial charge in [0.25, 0.3) is 0 Å². The summed E-state index contributed by atoms with van der Waals surface area (Å²) in [5.74, 6) is 0.705. The van der Waals surface area contributed by atoms with Crippen molar-refractivity contribution in [2.45, 2.75) is 25.7 Å². The molecule has 1 aliphatic heterocycles. The van der Waals surface area contributed by atoms with E-state index in [4.69, 9.17) is 11.6 Å². The summed E-state index contributed by atoms with van der Waals surface area (Å²) < 4.78 is 0.685. The largest absolute Gasteiger partial charge is 0.325 e. The van der Waals surface area contributed by atoms with Gasteiger partial charge in [-0.05, 0) is 60.3 Å². The number of nitrogens with zero attached hydrogens (tertiary/aromatic N) is 1. The molecule has 0 radical (unpaired) electrons. The molecule has 2 heterocycles. The van der Waals surface area contributed by atoms with Crippen molar-refractivity contribution in [2.75, 3.05) is 18.4 Å². The lowest BCUT2D eigenvalue weighted by Crippen LogP contribution is -2.28. The van der Waals surface area contributed by atoms with Crippen LogP contribution in [0.15, 0.2) is 16.7 Å². The van der Waals surface area contributed by atoms with E-state index in [2.05, 4.69) is 31.5 Å². The number of rotatable bonds is 4. The molecule has 4 nitrogen and oxygen atoms in total. The highest BCUT2D eigenvalue weighted by atomic mass is 79.9. The second kappa shape index (κ2) is 7.22. The summed E-state index contributed by atoms with van der Waals surface area (Å²) in [6.07, 6.45) is 5.42. The Kier molecular flexibility index (Phi) is 5.60. The van der Waals surface area contributed by atoms with Crippen LogP contribution in [0.1, 0.15) is 25.7 Å². The van der Waals surface area contributed by atoms with Crippen molar-refractivity contribution < 1.29 is 4.79 Å². The highest BCUT2D eigenvalue weighted by Gasteiger charge is 2.14. The van der Waals surface area contributed by atoms with Gasteiger partial charge in [-0.15, -0.1) is 0 Å². The monoisotopic (exact) mass is 345 g/mol. The lowest BCUT2D eigenvalue weighted by Gasteiger charge is -2.22. The van der Waals surface area contributed by atoms with Crippen molar-refractivity contribution in [1.29, 1.82) is 0 Å². The van der Waals surface area contributed by atoms with Crippen LogP contribution in [-0.4, -0.2) is 24.0 Å². The molecule has 1 aromatic heterocycles. The number of hydrogen-bond acceptors (Lipinski definition) is 3. The molecule has 2 N–H and O–H groups in total. The number of halogens is 2. The molecular formula is C13H17BrClN3O. The number of carbonyl (C=O) groups is 1. The minimum atomic E-state index is 0.0366. The Hall–Kier alpha value is -0.650. The first-order valence-corrected chi connectivity index (χ1v) is 7.64. The Morgan fingerprint density at radius 3 is 2.95 bits per heavy atom. The van der Waals surface area contributed by atoms with Gasteiger partial charge in [-0.3, -0.25) is 4.79 Å². The van der Waals surface area contributed by atoms with Crippen molar-refractivity contribution in [3.8, 4) is 0 Å². The second-order valence-corrected chi connectivity index (χ2v) is 5.99. The number of amides is 1. The molecule has 1 amide bonds. The third-order valence-corrected chi connectivity index (χ3v) is 4.45. The smallest absolute Gasteiger partial charge is 0.224 e. The van der Waals surface area contributed by atoms with E-state index in [0.29, 0.717) is 27.7 Å². The standard InChI is InChI=1S/C13H17BrClN3O/c14-11-7-10(8-17-13(11)15)18-12(19)2-1-9-3-5-16-6-4-9/h7-9,16H,1-6H2,(H,18,19). The van der Waals surface area contributed by atoms with E-state index in [1.54, 1.807) is 12.3 Å². The Morgan fingerprint density at radius 2 is 2.26 bits per heavy atom. The van der Waals surface area contributed by atoms with Crippen LogP contribution < -0.4 is 10.6 Å². The van der Waals surface area contributed by atoms with E-state index in [0.717, 1.165) is 19.5 Å². The van der Waals surface area contributed by atoms with Crippen LogP contribution in [0.2, 0.25) is 5.15 Å². The highest BCUT2D eigenvalue weighted by Crippen LogP contribution is 2.23. The van der Waals surface area contributed by atoms with E-state index in [9.17, 15) is 4.79 Å². The third kappa shape index (κ3) is 4.75. The fourth-order valence-corrected chi connectivity index (χ4v) is 2.67. The van der Waals surface area contributed by atoms with Gasteiger partial charge in [-0.2, -0.15) is 0 Å². The molecule has 19 heavy (non-hydrogen) atoms. The molecule has 0 aliphatic carbocycles. The number of aromatic nitrogens is 1. The Labute approximate surface area is 126 Å². The Balaban J connectivity index is 1.78. The number of pyridine rings is 1. The first-order chi connectivity index (χ1) is 9.15. The minimum Gasteiger partial charge on any atom is -0.325 e. The van der Waals surface area contributed by atoms with Crippen molar-refractivity contribution in [3.05, 3.63) is 21.9 Å². The van der Waals surface area contributed by atoms with E-state index < -0.39 is 0 Å². The van der Waals surface area contributed by atoms with Crippen LogP contribution >= 0.6 is 27.5 Å². The Bertz CT molecular complexity index is 450. The van der Waals surface area contributed by atoms with Crippen LogP contribution in [0.3, 0.4) is 0 Å². The molecule has 0 aromatic carbocycles. The molecule has 2 rings (SSSR count). The van der Waals surface area contributed by atoms with Crippen LogP contribution in [0, 0.1) is 5.92 Å². The topological polar surface area (TPSA) is 54.0 Å². The lowest BCUT2D eigenvalue weighted by molar-refractivity contribution is -0.116. The molecule has 1 saturated heterocycles. The predicted octanol–water partition coefficient (Wildman–Crippen LogP) is 3.22. The molecule has 0 atom stereocenters. The molecule has 104 valence electrons. The zero-order valence-corrected chi connectivity index (χ0v) is 12.9. The van der Waals surface area contributed by atoms with Gasteiger partial charge in [0.15, 0.2) is 0 Å². The zero-order chi connectivity index (χ0) is 13.7. The van der Waals surface area contributed by atoms with Gasteiger partial charge >= 0.3 is 0 Å². The van der Waals surface area contributed by atoms with Gasteiger partial charge in [0.05, 0.1) is 16.4 Å². The fraction of sp³-hybridized carbons (Fsp3) is 0.538. The van der Waals surface area contributed by atoms with E-state index in [-0.39, 0.29) is 5.91 Å². The van der Waals surface area contributed by atoms with E-state index >= 15 is 0 Å². The number of hydrogen-bond donors (Lipinski definition) is 2. The molecule has 1 fully saturated rings. The van der Waals surface area contributed by atoms with Gasteiger partial charge in [-0.1, -0.05) is 11.6 Å². The SMILES string of the molecule is O=C(CCC1CCNCC1)Nc1cnc(Cl)c(Br)c1. The first-order valence-electron chi connectivity index (χ1n) is 6.47. The van der Waals surface area contributed by atoms with Crippen LogP contribution in [0.5, 0.6) is 0 Å². The summed E-state index contributed by atoms with van der Waals surface area (Å²) >= 11 is 9.09. The molecule has 0 saturated carbocycles. The number of piperidine rings is 1. The normalized spacial score (nSPS) is 16.3. The molecular weight excluding hydrogens is 330 g/mol. The molecule has 0 bridgehead atoms. The minimum absolute atomic E-state index is 0.0366. The van der Waals surface area contributed by atoms with E-state index in [1.165, 1.54) is 12.8 Å². The van der Waals surface area contributed by atoms with Crippen molar-refractivity contribution in [1.82, 2.24) is 10.3 Å². The van der Waals surface area contributed by atoms with Crippen molar-refractivity contribution in [2.24, 2.45) is 5.92 Å². The summed E-state index contributed by atoms with van der Waals surface area (Å²) in [5, 5.41) is 6.57. The fourth-order valence-electron chi connectivity index (χ4n) is 2.22. The summed E-state index contributed by atoms with van der Waals surface area (Å²) in [7, 11) is 0. The summed E-state index contributed by atoms with van der Waals surface area (Å²) in [5.41, 5.74) is 0.673. The molecule has 0 unspecified atom stereocenters. The third-order valence-electron chi connectivity index (χ3n) is 3.32. The Morgan fingerprint density at radius 1 is 1.53 bits per heavy atom. The molecule has 1 aliphatic rings. The lowest BCUT2D eigenvalue weighted by atomic mass is 9.93. The van der Waals surface area contributed by atoms with Gasteiger partial charge < -0.3 is 10.6 Å². The summed E-state index contributed by atoms with van der Waals surface area (Å²) in [6.45, 7) is 2.14.